The van der Waals surface area contributed by atoms with Gasteiger partial charge in [0.2, 0.25) is 0 Å². The molecule has 196 valence electrons. The molecule has 9 rings (SSSR count). The molecule has 0 aliphatic rings. The molecule has 0 aliphatic heterocycles. The Labute approximate surface area is 239 Å². The largest absolute Gasteiger partial charge is 0.455 e. The van der Waals surface area contributed by atoms with E-state index in [1.807, 2.05) is 72.8 Å². The molecule has 5 nitrogen and oxygen atoms in total. The van der Waals surface area contributed by atoms with Crippen molar-refractivity contribution >= 4 is 54.6 Å². The van der Waals surface area contributed by atoms with Crippen LogP contribution < -0.4 is 0 Å². The van der Waals surface area contributed by atoms with Gasteiger partial charge in [0.15, 0.2) is 17.5 Å². The molecule has 42 heavy (non-hydrogen) atoms. The maximum Gasteiger partial charge on any atom is 0.167 e. The van der Waals surface area contributed by atoms with Crippen molar-refractivity contribution in [2.24, 2.45) is 0 Å². The first-order valence-electron chi connectivity index (χ1n) is 13.9. The molecule has 6 aromatic carbocycles. The fraction of sp³-hybridized carbons (Fsp3) is 0. The van der Waals surface area contributed by atoms with E-state index >= 15 is 0 Å². The van der Waals surface area contributed by atoms with Gasteiger partial charge in [-0.3, -0.25) is 0 Å². The second-order valence-electron chi connectivity index (χ2n) is 10.4. The topological polar surface area (TPSA) is 65.0 Å². The van der Waals surface area contributed by atoms with Crippen LogP contribution in [0.3, 0.4) is 0 Å². The summed E-state index contributed by atoms with van der Waals surface area (Å²) in [7, 11) is 0. The number of hydrogen-bond donors (Lipinski definition) is 0. The monoisotopic (exact) mass is 539 g/mol. The molecule has 5 heteroatoms. The Morgan fingerprint density at radius 1 is 0.381 bits per heavy atom. The van der Waals surface area contributed by atoms with Gasteiger partial charge in [-0.2, -0.15) is 0 Å². The predicted octanol–water partition coefficient (Wildman–Crippen LogP) is 9.82. The van der Waals surface area contributed by atoms with Gasteiger partial charge in [0.1, 0.15) is 22.3 Å². The van der Waals surface area contributed by atoms with Crippen molar-refractivity contribution in [3.63, 3.8) is 0 Å². The third-order valence-corrected chi connectivity index (χ3v) is 7.93. The predicted molar refractivity (Wildman–Crippen MR) is 168 cm³/mol. The van der Waals surface area contributed by atoms with Gasteiger partial charge in [0.05, 0.1) is 11.1 Å². The van der Waals surface area contributed by atoms with Crippen molar-refractivity contribution in [1.29, 1.82) is 0 Å². The summed E-state index contributed by atoms with van der Waals surface area (Å²) in [4.78, 5) is 15.1. The lowest BCUT2D eigenvalue weighted by Crippen LogP contribution is -2.00. The molecule has 0 unspecified atom stereocenters. The molecule has 0 saturated heterocycles. The molecular formula is C37H21N3O2. The molecule has 0 aliphatic carbocycles. The number of aromatic nitrogens is 3. The van der Waals surface area contributed by atoms with E-state index in [0.717, 1.165) is 71.3 Å². The van der Waals surface area contributed by atoms with Crippen LogP contribution >= 0.6 is 0 Å². The van der Waals surface area contributed by atoms with Crippen LogP contribution in [0.25, 0.3) is 88.8 Å². The lowest BCUT2D eigenvalue weighted by atomic mass is 10.1. The van der Waals surface area contributed by atoms with Crippen LogP contribution in [0.15, 0.2) is 136 Å². The summed E-state index contributed by atoms with van der Waals surface area (Å²) in [6.07, 6.45) is 0. The first-order valence-corrected chi connectivity index (χ1v) is 13.9. The number of hydrogen-bond acceptors (Lipinski definition) is 5. The van der Waals surface area contributed by atoms with E-state index in [9.17, 15) is 0 Å². The van der Waals surface area contributed by atoms with E-state index in [1.54, 1.807) is 0 Å². The summed E-state index contributed by atoms with van der Waals surface area (Å²) in [5.41, 5.74) is 5.70. The van der Waals surface area contributed by atoms with Gasteiger partial charge in [-0.05, 0) is 41.1 Å². The fourth-order valence-corrected chi connectivity index (χ4v) is 5.92. The molecular weight excluding hydrogens is 518 g/mol. The Bertz CT molecular complexity index is 2360. The zero-order chi connectivity index (χ0) is 27.6. The molecule has 3 aromatic heterocycles. The third kappa shape index (κ3) is 3.47. The van der Waals surface area contributed by atoms with Crippen LogP contribution in [-0.2, 0) is 0 Å². The van der Waals surface area contributed by atoms with Gasteiger partial charge in [-0.15, -0.1) is 0 Å². The van der Waals surface area contributed by atoms with Crippen molar-refractivity contribution < 1.29 is 8.83 Å². The summed E-state index contributed by atoms with van der Waals surface area (Å²) < 4.78 is 12.8. The second-order valence-corrected chi connectivity index (χ2v) is 10.4. The van der Waals surface area contributed by atoms with Crippen molar-refractivity contribution in [3.8, 4) is 34.2 Å². The SMILES string of the molecule is c1ccc2cc(-c3nc(-c4cccc5c4oc4ccccc45)nc(-c4cccc5c4oc4ccccc45)n3)ccc2c1. The molecule has 0 N–H and O–H groups in total. The van der Waals surface area contributed by atoms with Crippen LogP contribution in [0.5, 0.6) is 0 Å². The average molecular weight is 540 g/mol. The fourth-order valence-electron chi connectivity index (χ4n) is 5.92. The minimum atomic E-state index is 0.543. The minimum absolute atomic E-state index is 0.543. The number of benzene rings is 6. The Morgan fingerprint density at radius 3 is 1.50 bits per heavy atom. The molecule has 0 atom stereocenters. The number of furan rings is 2. The van der Waals surface area contributed by atoms with Gasteiger partial charge < -0.3 is 8.83 Å². The van der Waals surface area contributed by atoms with E-state index in [0.29, 0.717) is 17.5 Å². The van der Waals surface area contributed by atoms with Crippen LogP contribution in [0.1, 0.15) is 0 Å². The number of fused-ring (bicyclic) bond motifs is 7. The number of para-hydroxylation sites is 4. The Morgan fingerprint density at radius 2 is 0.881 bits per heavy atom. The first-order chi connectivity index (χ1) is 20.8. The quantitative estimate of drug-likeness (QED) is 0.224. The van der Waals surface area contributed by atoms with Gasteiger partial charge in [-0.25, -0.2) is 15.0 Å². The Kier molecular flexibility index (Phi) is 4.83. The number of nitrogens with zero attached hydrogens (tertiary/aromatic N) is 3. The van der Waals surface area contributed by atoms with E-state index in [-0.39, 0.29) is 0 Å². The lowest BCUT2D eigenvalue weighted by molar-refractivity contribution is 0.669. The highest BCUT2D eigenvalue weighted by molar-refractivity contribution is 6.10. The standard InChI is InChI=1S/C37H21N3O2/c1-2-10-23-21-24(20-19-22(23)9-1)35-38-36(29-15-7-13-27-25-11-3-5-17-31(25)41-33(27)29)40-37(39-35)30-16-8-14-28-26-12-4-6-18-32(26)42-34(28)30/h1-21H. The first kappa shape index (κ1) is 22.9. The second kappa shape index (κ2) is 8.85. The molecule has 0 amide bonds. The van der Waals surface area contributed by atoms with E-state index in [4.69, 9.17) is 23.8 Å². The minimum Gasteiger partial charge on any atom is -0.455 e. The van der Waals surface area contributed by atoms with Crippen LogP contribution in [0, 0.1) is 0 Å². The molecule has 9 aromatic rings. The van der Waals surface area contributed by atoms with E-state index in [2.05, 4.69) is 54.6 Å². The lowest BCUT2D eigenvalue weighted by Gasteiger charge is -2.10. The van der Waals surface area contributed by atoms with Crippen molar-refractivity contribution in [3.05, 3.63) is 127 Å². The van der Waals surface area contributed by atoms with Crippen molar-refractivity contribution in [1.82, 2.24) is 15.0 Å². The van der Waals surface area contributed by atoms with Crippen molar-refractivity contribution in [2.75, 3.05) is 0 Å². The van der Waals surface area contributed by atoms with Crippen LogP contribution in [0.2, 0.25) is 0 Å². The maximum absolute atomic E-state index is 6.38. The molecule has 0 radical (unpaired) electrons. The summed E-state index contributed by atoms with van der Waals surface area (Å²) in [5, 5.41) is 6.45. The van der Waals surface area contributed by atoms with Crippen molar-refractivity contribution in [2.45, 2.75) is 0 Å². The molecule has 0 fully saturated rings. The molecule has 0 spiro atoms. The number of rotatable bonds is 3. The molecule has 0 saturated carbocycles. The van der Waals surface area contributed by atoms with Gasteiger partial charge in [0.25, 0.3) is 0 Å². The zero-order valence-electron chi connectivity index (χ0n) is 22.3. The van der Waals surface area contributed by atoms with Crippen LogP contribution in [-0.4, -0.2) is 15.0 Å². The normalized spacial score (nSPS) is 11.8. The van der Waals surface area contributed by atoms with E-state index in [1.165, 1.54) is 0 Å². The highest BCUT2D eigenvalue weighted by atomic mass is 16.3. The van der Waals surface area contributed by atoms with Gasteiger partial charge in [0, 0.05) is 27.1 Å². The Hall–Kier alpha value is -5.81. The van der Waals surface area contributed by atoms with Gasteiger partial charge >= 0.3 is 0 Å². The summed E-state index contributed by atoms with van der Waals surface area (Å²) in [6.45, 7) is 0. The smallest absolute Gasteiger partial charge is 0.167 e. The summed E-state index contributed by atoms with van der Waals surface area (Å²) >= 11 is 0. The van der Waals surface area contributed by atoms with Gasteiger partial charge in [-0.1, -0.05) is 97.1 Å². The molecule has 3 heterocycles. The average Bonchev–Trinajstić information content (AvgIpc) is 3.63. The highest BCUT2D eigenvalue weighted by Gasteiger charge is 2.20. The summed E-state index contributed by atoms with van der Waals surface area (Å²) in [5.74, 6) is 1.67. The zero-order valence-corrected chi connectivity index (χ0v) is 22.3. The highest BCUT2D eigenvalue weighted by Crippen LogP contribution is 2.38. The Balaban J connectivity index is 1.34. The maximum atomic E-state index is 6.38. The third-order valence-electron chi connectivity index (χ3n) is 7.93. The van der Waals surface area contributed by atoms with Crippen LogP contribution in [0.4, 0.5) is 0 Å². The summed E-state index contributed by atoms with van der Waals surface area (Å²) in [6, 6.07) is 43.0. The molecule has 0 bridgehead atoms. The van der Waals surface area contributed by atoms with E-state index < -0.39 is 0 Å².